The van der Waals surface area contributed by atoms with E-state index in [1.807, 2.05) is 0 Å². The lowest BCUT2D eigenvalue weighted by Crippen LogP contribution is -2.08. The van der Waals surface area contributed by atoms with Gasteiger partial charge in [-0.05, 0) is 17.7 Å². The molecule has 0 amide bonds. The van der Waals surface area contributed by atoms with Crippen molar-refractivity contribution >= 4 is 11.9 Å². The number of alkyl halides is 3. The Hall–Kier alpha value is -1.85. The van der Waals surface area contributed by atoms with Gasteiger partial charge in [-0.2, -0.15) is 13.2 Å². The standard InChI is InChI=1S/C11H7F3O3/c12-11(13,14)7-3-1-6(2-4-7)8-5-9(15)17-10(8)16/h1-4,8H,5H2. The second-order valence-electron chi connectivity index (χ2n) is 3.67. The van der Waals surface area contributed by atoms with Crippen LogP contribution in [0.4, 0.5) is 13.2 Å². The highest BCUT2D eigenvalue weighted by atomic mass is 19.4. The minimum atomic E-state index is -4.41. The van der Waals surface area contributed by atoms with Crippen molar-refractivity contribution in [1.82, 2.24) is 0 Å². The summed E-state index contributed by atoms with van der Waals surface area (Å²) in [6.45, 7) is 0. The first-order chi connectivity index (χ1) is 7.88. The molecule has 3 nitrogen and oxygen atoms in total. The summed E-state index contributed by atoms with van der Waals surface area (Å²) in [5.41, 5.74) is -0.437. The number of benzene rings is 1. The molecule has 1 heterocycles. The van der Waals surface area contributed by atoms with Gasteiger partial charge >= 0.3 is 18.1 Å². The maximum Gasteiger partial charge on any atom is 0.416 e. The molecule has 0 radical (unpaired) electrons. The Kier molecular flexibility index (Phi) is 2.65. The van der Waals surface area contributed by atoms with Crippen LogP contribution >= 0.6 is 0 Å². The Labute approximate surface area is 94.2 Å². The smallest absolute Gasteiger partial charge is 0.393 e. The van der Waals surface area contributed by atoms with Crippen molar-refractivity contribution in [3.8, 4) is 0 Å². The molecular weight excluding hydrogens is 237 g/mol. The largest absolute Gasteiger partial charge is 0.416 e. The highest BCUT2D eigenvalue weighted by Gasteiger charge is 2.35. The van der Waals surface area contributed by atoms with Crippen molar-refractivity contribution < 1.29 is 27.5 Å². The van der Waals surface area contributed by atoms with Gasteiger partial charge in [-0.15, -0.1) is 0 Å². The Balaban J connectivity index is 2.24. The molecule has 2 rings (SSSR count). The molecule has 1 atom stereocenters. The van der Waals surface area contributed by atoms with Crippen molar-refractivity contribution in [1.29, 1.82) is 0 Å². The summed E-state index contributed by atoms with van der Waals surface area (Å²) in [5.74, 6) is -2.15. The first-order valence-electron chi connectivity index (χ1n) is 4.79. The van der Waals surface area contributed by atoms with Crippen molar-refractivity contribution in [2.75, 3.05) is 0 Å². The highest BCUT2D eigenvalue weighted by Crippen LogP contribution is 2.32. The third kappa shape index (κ3) is 2.30. The molecule has 1 unspecified atom stereocenters. The molecule has 0 aromatic heterocycles. The predicted molar refractivity (Wildman–Crippen MR) is 49.9 cm³/mol. The fourth-order valence-corrected chi connectivity index (χ4v) is 1.63. The van der Waals surface area contributed by atoms with Gasteiger partial charge in [0.15, 0.2) is 0 Å². The van der Waals surface area contributed by atoms with Crippen LogP contribution < -0.4 is 0 Å². The topological polar surface area (TPSA) is 43.4 Å². The maximum absolute atomic E-state index is 12.3. The van der Waals surface area contributed by atoms with Crippen LogP contribution in [0.5, 0.6) is 0 Å². The van der Waals surface area contributed by atoms with Crippen LogP contribution in [0.1, 0.15) is 23.5 Å². The molecule has 1 aromatic rings. The summed E-state index contributed by atoms with van der Waals surface area (Å²) in [5, 5.41) is 0. The van der Waals surface area contributed by atoms with Crippen LogP contribution in [-0.4, -0.2) is 11.9 Å². The summed E-state index contributed by atoms with van der Waals surface area (Å²) in [4.78, 5) is 22.0. The SMILES string of the molecule is O=C1CC(c2ccc(C(F)(F)F)cc2)C(=O)O1. The molecule has 1 fully saturated rings. The third-order valence-electron chi connectivity index (χ3n) is 2.51. The van der Waals surface area contributed by atoms with E-state index in [0.717, 1.165) is 12.1 Å². The van der Waals surface area contributed by atoms with Crippen LogP contribution in [0.25, 0.3) is 0 Å². The predicted octanol–water partition coefficient (Wildman–Crippen LogP) is 2.26. The normalized spacial score (nSPS) is 20.5. The first kappa shape index (κ1) is 11.6. The van der Waals surface area contributed by atoms with Crippen molar-refractivity contribution in [3.05, 3.63) is 35.4 Å². The van der Waals surface area contributed by atoms with Gasteiger partial charge in [-0.3, -0.25) is 9.59 Å². The zero-order valence-corrected chi connectivity index (χ0v) is 8.45. The molecule has 0 saturated carbocycles. The number of halogens is 3. The second kappa shape index (κ2) is 3.87. The molecule has 90 valence electrons. The molecule has 1 saturated heterocycles. The van der Waals surface area contributed by atoms with Crippen LogP contribution in [0.15, 0.2) is 24.3 Å². The van der Waals surface area contributed by atoms with E-state index in [1.54, 1.807) is 0 Å². The van der Waals surface area contributed by atoms with Gasteiger partial charge < -0.3 is 4.74 Å². The fraction of sp³-hybridized carbons (Fsp3) is 0.273. The van der Waals surface area contributed by atoms with Gasteiger partial charge in [0, 0.05) is 0 Å². The summed E-state index contributed by atoms with van der Waals surface area (Å²) >= 11 is 0. The number of rotatable bonds is 1. The zero-order chi connectivity index (χ0) is 12.6. The first-order valence-corrected chi connectivity index (χ1v) is 4.79. The zero-order valence-electron chi connectivity index (χ0n) is 8.45. The van der Waals surface area contributed by atoms with E-state index in [-0.39, 0.29) is 6.42 Å². The molecule has 17 heavy (non-hydrogen) atoms. The number of esters is 2. The van der Waals surface area contributed by atoms with Gasteiger partial charge in [0.25, 0.3) is 0 Å². The highest BCUT2D eigenvalue weighted by molar-refractivity contribution is 5.97. The molecule has 0 bridgehead atoms. The van der Waals surface area contributed by atoms with Crippen LogP contribution in [0.3, 0.4) is 0 Å². The van der Waals surface area contributed by atoms with E-state index in [4.69, 9.17) is 0 Å². The molecule has 6 heteroatoms. The summed E-state index contributed by atoms with van der Waals surface area (Å²) in [7, 11) is 0. The Morgan fingerprint density at radius 2 is 1.71 bits per heavy atom. The van der Waals surface area contributed by atoms with E-state index in [1.165, 1.54) is 12.1 Å². The monoisotopic (exact) mass is 244 g/mol. The number of ether oxygens (including phenoxy) is 1. The fourth-order valence-electron chi connectivity index (χ4n) is 1.63. The van der Waals surface area contributed by atoms with Gasteiger partial charge in [0.05, 0.1) is 17.9 Å². The lowest BCUT2D eigenvalue weighted by molar-refractivity contribution is -0.152. The molecule has 1 aliphatic rings. The minimum absolute atomic E-state index is 0.121. The molecule has 0 N–H and O–H groups in total. The van der Waals surface area contributed by atoms with E-state index in [2.05, 4.69) is 4.74 Å². The molecule has 1 aliphatic heterocycles. The quantitative estimate of drug-likeness (QED) is 0.562. The van der Waals surface area contributed by atoms with Crippen LogP contribution in [0.2, 0.25) is 0 Å². The van der Waals surface area contributed by atoms with E-state index < -0.39 is 29.6 Å². The number of hydrogen-bond acceptors (Lipinski definition) is 3. The lowest BCUT2D eigenvalue weighted by atomic mass is 9.96. The third-order valence-corrected chi connectivity index (χ3v) is 2.51. The Morgan fingerprint density at radius 1 is 1.12 bits per heavy atom. The molecular formula is C11H7F3O3. The lowest BCUT2D eigenvalue weighted by Gasteiger charge is -2.09. The minimum Gasteiger partial charge on any atom is -0.393 e. The summed E-state index contributed by atoms with van der Waals surface area (Å²) < 4.78 is 41.2. The van der Waals surface area contributed by atoms with E-state index in [0.29, 0.717) is 5.56 Å². The average Bonchev–Trinajstić information content (AvgIpc) is 2.57. The Bertz CT molecular complexity index is 462. The van der Waals surface area contributed by atoms with Gasteiger partial charge in [-0.25, -0.2) is 0 Å². The number of cyclic esters (lactones) is 2. The number of hydrogen-bond donors (Lipinski definition) is 0. The number of carbonyl (C=O) groups is 2. The van der Waals surface area contributed by atoms with E-state index in [9.17, 15) is 22.8 Å². The van der Waals surface area contributed by atoms with Gasteiger partial charge in [0.2, 0.25) is 0 Å². The van der Waals surface area contributed by atoms with Crippen LogP contribution in [0, 0.1) is 0 Å². The maximum atomic E-state index is 12.3. The summed E-state index contributed by atoms with van der Waals surface area (Å²) in [6.07, 6.45) is -4.53. The van der Waals surface area contributed by atoms with Crippen molar-refractivity contribution in [2.24, 2.45) is 0 Å². The van der Waals surface area contributed by atoms with Gasteiger partial charge in [0.1, 0.15) is 0 Å². The average molecular weight is 244 g/mol. The van der Waals surface area contributed by atoms with E-state index >= 15 is 0 Å². The van der Waals surface area contributed by atoms with Crippen molar-refractivity contribution in [3.63, 3.8) is 0 Å². The molecule has 0 spiro atoms. The Morgan fingerprint density at radius 3 is 2.12 bits per heavy atom. The van der Waals surface area contributed by atoms with Crippen LogP contribution in [-0.2, 0) is 20.5 Å². The molecule has 0 aliphatic carbocycles. The van der Waals surface area contributed by atoms with Gasteiger partial charge in [-0.1, -0.05) is 12.1 Å². The second-order valence-corrected chi connectivity index (χ2v) is 3.67. The van der Waals surface area contributed by atoms with Crippen molar-refractivity contribution in [2.45, 2.75) is 18.5 Å². The molecule has 1 aromatic carbocycles. The summed E-state index contributed by atoms with van der Waals surface area (Å²) in [6, 6.07) is 4.14. The number of carbonyl (C=O) groups excluding carboxylic acids is 2.